The minimum absolute atomic E-state index is 0.00643. The molecule has 0 bridgehead atoms. The smallest absolute Gasteiger partial charge is 0.221 e. The van der Waals surface area contributed by atoms with Crippen LogP contribution in [-0.2, 0) is 11.2 Å². The normalized spacial score (nSPS) is 14.4. The summed E-state index contributed by atoms with van der Waals surface area (Å²) in [5.41, 5.74) is 1.45. The van der Waals surface area contributed by atoms with Crippen molar-refractivity contribution in [2.75, 3.05) is 7.11 Å². The van der Waals surface area contributed by atoms with Gasteiger partial charge in [0.05, 0.1) is 24.9 Å². The van der Waals surface area contributed by atoms with Gasteiger partial charge in [0.2, 0.25) is 5.91 Å². The van der Waals surface area contributed by atoms with Crippen LogP contribution in [0.3, 0.4) is 0 Å². The number of carbonyl (C=O) groups excluding carboxylic acids is 1. The van der Waals surface area contributed by atoms with Gasteiger partial charge in [-0.05, 0) is 48.6 Å². The number of nitrogens with zero attached hydrogens (tertiary/aromatic N) is 1. The van der Waals surface area contributed by atoms with E-state index in [2.05, 4.69) is 10.3 Å². The number of benzene rings is 2. The van der Waals surface area contributed by atoms with E-state index in [0.29, 0.717) is 29.6 Å². The van der Waals surface area contributed by atoms with E-state index in [1.807, 2.05) is 24.3 Å². The van der Waals surface area contributed by atoms with Crippen LogP contribution in [0.15, 0.2) is 59.1 Å². The maximum atomic E-state index is 13.9. The third kappa shape index (κ3) is 4.65. The van der Waals surface area contributed by atoms with Crippen LogP contribution in [0.25, 0.3) is 11.3 Å². The van der Waals surface area contributed by atoms with Gasteiger partial charge in [-0.2, -0.15) is 0 Å². The van der Waals surface area contributed by atoms with Crippen LogP contribution in [0.2, 0.25) is 0 Å². The topological polar surface area (TPSA) is 64.4 Å². The molecule has 150 valence electrons. The number of halogens is 1. The Labute approximate surface area is 168 Å². The fourth-order valence-corrected chi connectivity index (χ4v) is 3.39. The third-order valence-corrected chi connectivity index (χ3v) is 5.14. The minimum atomic E-state index is -0.361. The van der Waals surface area contributed by atoms with Crippen LogP contribution < -0.4 is 10.1 Å². The van der Waals surface area contributed by atoms with E-state index in [1.54, 1.807) is 25.3 Å². The number of carbonyl (C=O) groups is 1. The molecule has 4 rings (SSSR count). The minimum Gasteiger partial charge on any atom is -0.497 e. The Bertz CT molecular complexity index is 980. The van der Waals surface area contributed by atoms with Crippen molar-refractivity contribution >= 4 is 5.91 Å². The quantitative estimate of drug-likeness (QED) is 0.602. The predicted molar refractivity (Wildman–Crippen MR) is 107 cm³/mol. The second-order valence-corrected chi connectivity index (χ2v) is 7.25. The number of ether oxygens (including phenoxy) is 1. The SMILES string of the molecule is COc1ccc(C(NC(=O)CCc2ncc(-c3ccccc3F)o2)C2CC2)cc1. The lowest BCUT2D eigenvalue weighted by Gasteiger charge is -2.19. The standard InChI is InChI=1S/C23H23FN2O3/c1-28-17-10-8-16(9-11-17)23(15-6-7-15)26-21(27)12-13-22-25-14-20(29-22)18-4-2-3-5-19(18)24/h2-5,8-11,14-15,23H,6-7,12-13H2,1H3,(H,26,27). The van der Waals surface area contributed by atoms with E-state index in [4.69, 9.17) is 9.15 Å². The molecule has 1 fully saturated rings. The van der Waals surface area contributed by atoms with Gasteiger partial charge in [0.1, 0.15) is 11.6 Å². The van der Waals surface area contributed by atoms with Crippen molar-refractivity contribution in [3.8, 4) is 17.1 Å². The summed E-state index contributed by atoms with van der Waals surface area (Å²) in [5, 5.41) is 3.14. The van der Waals surface area contributed by atoms with Crippen LogP contribution in [0.4, 0.5) is 4.39 Å². The fraction of sp³-hybridized carbons (Fsp3) is 0.304. The van der Waals surface area contributed by atoms with Gasteiger partial charge in [0.15, 0.2) is 11.7 Å². The summed E-state index contributed by atoms with van der Waals surface area (Å²) in [5.74, 6) is 1.65. The highest BCUT2D eigenvalue weighted by atomic mass is 19.1. The van der Waals surface area contributed by atoms with E-state index in [-0.39, 0.29) is 24.2 Å². The number of oxazole rings is 1. The van der Waals surface area contributed by atoms with E-state index in [0.717, 1.165) is 24.2 Å². The molecule has 3 aromatic rings. The summed E-state index contributed by atoms with van der Waals surface area (Å²) >= 11 is 0. The molecule has 0 radical (unpaired) electrons. The zero-order valence-corrected chi connectivity index (χ0v) is 16.2. The second kappa shape index (κ2) is 8.47. The lowest BCUT2D eigenvalue weighted by molar-refractivity contribution is -0.122. The number of methoxy groups -OCH3 is 1. The molecular weight excluding hydrogens is 371 g/mol. The van der Waals surface area contributed by atoms with Crippen molar-refractivity contribution in [3.63, 3.8) is 0 Å². The summed E-state index contributed by atoms with van der Waals surface area (Å²) in [7, 11) is 1.63. The summed E-state index contributed by atoms with van der Waals surface area (Å²) in [6, 6.07) is 14.2. The Morgan fingerprint density at radius 1 is 1.24 bits per heavy atom. The molecular formula is C23H23FN2O3. The molecule has 1 heterocycles. The molecule has 0 spiro atoms. The summed E-state index contributed by atoms with van der Waals surface area (Å²) in [4.78, 5) is 16.7. The van der Waals surface area contributed by atoms with Gasteiger partial charge in [-0.1, -0.05) is 24.3 Å². The highest BCUT2D eigenvalue weighted by molar-refractivity contribution is 5.76. The third-order valence-electron chi connectivity index (χ3n) is 5.14. The van der Waals surface area contributed by atoms with Crippen molar-refractivity contribution in [1.82, 2.24) is 10.3 Å². The highest BCUT2D eigenvalue weighted by Crippen LogP contribution is 2.41. The molecule has 1 saturated carbocycles. The molecule has 1 N–H and O–H groups in total. The first-order valence-corrected chi connectivity index (χ1v) is 9.77. The van der Waals surface area contributed by atoms with Crippen LogP contribution in [0, 0.1) is 11.7 Å². The van der Waals surface area contributed by atoms with E-state index in [1.165, 1.54) is 12.3 Å². The lowest BCUT2D eigenvalue weighted by Crippen LogP contribution is -2.30. The van der Waals surface area contributed by atoms with Gasteiger partial charge in [0, 0.05) is 12.8 Å². The first-order chi connectivity index (χ1) is 14.1. The molecule has 0 saturated heterocycles. The van der Waals surface area contributed by atoms with Crippen molar-refractivity contribution in [1.29, 1.82) is 0 Å². The number of aryl methyl sites for hydroxylation is 1. The number of rotatable bonds is 8. The monoisotopic (exact) mass is 394 g/mol. The molecule has 1 aromatic heterocycles. The maximum Gasteiger partial charge on any atom is 0.221 e. The lowest BCUT2D eigenvalue weighted by atomic mass is 10.0. The Morgan fingerprint density at radius 2 is 2.00 bits per heavy atom. The Balaban J connectivity index is 1.36. The number of aromatic nitrogens is 1. The number of hydrogen-bond donors (Lipinski definition) is 1. The van der Waals surface area contributed by atoms with E-state index in [9.17, 15) is 9.18 Å². The number of nitrogens with one attached hydrogen (secondary N) is 1. The molecule has 1 aliphatic rings. The van der Waals surface area contributed by atoms with Crippen LogP contribution in [0.5, 0.6) is 5.75 Å². The zero-order valence-electron chi connectivity index (χ0n) is 16.2. The first-order valence-electron chi connectivity index (χ1n) is 9.77. The maximum absolute atomic E-state index is 13.9. The van der Waals surface area contributed by atoms with Crippen LogP contribution in [0.1, 0.15) is 36.8 Å². The molecule has 0 aliphatic heterocycles. The Hall–Kier alpha value is -3.15. The first kappa shape index (κ1) is 19.2. The average molecular weight is 394 g/mol. The molecule has 1 aliphatic carbocycles. The Kier molecular flexibility index (Phi) is 5.60. The predicted octanol–water partition coefficient (Wildman–Crippen LogP) is 4.69. The summed E-state index contributed by atoms with van der Waals surface area (Å²) in [6.07, 6.45) is 4.35. The highest BCUT2D eigenvalue weighted by Gasteiger charge is 2.33. The molecule has 1 atom stereocenters. The van der Waals surface area contributed by atoms with Gasteiger partial charge in [-0.25, -0.2) is 9.37 Å². The van der Waals surface area contributed by atoms with Gasteiger partial charge in [-0.15, -0.1) is 0 Å². The van der Waals surface area contributed by atoms with Gasteiger partial charge in [0.25, 0.3) is 0 Å². The number of amides is 1. The van der Waals surface area contributed by atoms with Crippen molar-refractivity contribution in [2.24, 2.45) is 5.92 Å². The molecule has 1 unspecified atom stereocenters. The van der Waals surface area contributed by atoms with E-state index < -0.39 is 0 Å². The second-order valence-electron chi connectivity index (χ2n) is 7.25. The zero-order chi connectivity index (χ0) is 20.2. The van der Waals surface area contributed by atoms with Gasteiger partial charge in [-0.3, -0.25) is 4.79 Å². The molecule has 1 amide bonds. The van der Waals surface area contributed by atoms with Crippen LogP contribution in [-0.4, -0.2) is 18.0 Å². The van der Waals surface area contributed by atoms with E-state index >= 15 is 0 Å². The average Bonchev–Trinajstić information content (AvgIpc) is 3.48. The molecule has 2 aromatic carbocycles. The fourth-order valence-electron chi connectivity index (χ4n) is 3.39. The largest absolute Gasteiger partial charge is 0.497 e. The summed E-state index contributed by atoms with van der Waals surface area (Å²) < 4.78 is 24.7. The number of hydrogen-bond acceptors (Lipinski definition) is 4. The van der Waals surface area contributed by atoms with Crippen molar-refractivity contribution in [2.45, 2.75) is 31.7 Å². The molecule has 6 heteroatoms. The molecule has 5 nitrogen and oxygen atoms in total. The van der Waals surface area contributed by atoms with Crippen molar-refractivity contribution < 1.29 is 18.3 Å². The Morgan fingerprint density at radius 3 is 2.69 bits per heavy atom. The van der Waals surface area contributed by atoms with Crippen LogP contribution >= 0.6 is 0 Å². The van der Waals surface area contributed by atoms with Gasteiger partial charge >= 0.3 is 0 Å². The molecule has 29 heavy (non-hydrogen) atoms. The summed E-state index contributed by atoms with van der Waals surface area (Å²) in [6.45, 7) is 0. The van der Waals surface area contributed by atoms with Gasteiger partial charge < -0.3 is 14.5 Å². The van der Waals surface area contributed by atoms with Crippen molar-refractivity contribution in [3.05, 3.63) is 72.0 Å².